The van der Waals surface area contributed by atoms with Crippen molar-refractivity contribution in [3.63, 3.8) is 0 Å². The maximum Gasteiger partial charge on any atom is 0.310 e. The van der Waals surface area contributed by atoms with Crippen LogP contribution >= 0.6 is 12.4 Å². The first-order chi connectivity index (χ1) is 11.1. The summed E-state index contributed by atoms with van der Waals surface area (Å²) in [7, 11) is 0. The van der Waals surface area contributed by atoms with Crippen molar-refractivity contribution in [1.82, 2.24) is 4.90 Å². The van der Waals surface area contributed by atoms with Gasteiger partial charge in [-0.25, -0.2) is 4.39 Å². The molecule has 6 heteroatoms. The second-order valence-electron chi connectivity index (χ2n) is 6.76. The van der Waals surface area contributed by atoms with Gasteiger partial charge in [-0.05, 0) is 18.9 Å². The predicted octanol–water partition coefficient (Wildman–Crippen LogP) is 3.66. The second-order valence-corrected chi connectivity index (χ2v) is 6.76. The maximum atomic E-state index is 14.0. The number of benzene rings is 1. The summed E-state index contributed by atoms with van der Waals surface area (Å²) in [6, 6.07) is 6.66. The molecule has 3 rings (SSSR count). The van der Waals surface area contributed by atoms with Crippen molar-refractivity contribution in [1.29, 1.82) is 0 Å². The summed E-state index contributed by atoms with van der Waals surface area (Å²) in [6.45, 7) is 2.31. The quantitative estimate of drug-likeness (QED) is 0.893. The Bertz CT molecular complexity index is 563. The molecule has 24 heavy (non-hydrogen) atoms. The van der Waals surface area contributed by atoms with E-state index in [1.807, 2.05) is 0 Å². The van der Waals surface area contributed by atoms with Gasteiger partial charge in [0.1, 0.15) is 5.82 Å². The maximum absolute atomic E-state index is 14.0. The molecule has 0 bridgehead atoms. The Morgan fingerprint density at radius 3 is 2.67 bits per heavy atom. The van der Waals surface area contributed by atoms with Crippen LogP contribution in [0.15, 0.2) is 24.3 Å². The average molecular weight is 358 g/mol. The minimum Gasteiger partial charge on any atom is -0.481 e. The number of hydrogen-bond acceptors (Lipinski definition) is 3. The van der Waals surface area contributed by atoms with Crippen LogP contribution in [0, 0.1) is 11.2 Å². The van der Waals surface area contributed by atoms with Gasteiger partial charge in [0.05, 0.1) is 18.1 Å². The van der Waals surface area contributed by atoms with Crippen LogP contribution in [0.2, 0.25) is 0 Å². The zero-order valence-corrected chi connectivity index (χ0v) is 14.6. The average Bonchev–Trinajstić information content (AvgIpc) is 2.56. The molecule has 0 unspecified atom stereocenters. The van der Waals surface area contributed by atoms with E-state index in [9.17, 15) is 14.3 Å². The lowest BCUT2D eigenvalue weighted by atomic mass is 9.73. The lowest BCUT2D eigenvalue weighted by molar-refractivity contribution is -0.154. The molecule has 134 valence electrons. The van der Waals surface area contributed by atoms with Crippen LogP contribution in [0.1, 0.15) is 43.8 Å². The summed E-state index contributed by atoms with van der Waals surface area (Å²) in [6.07, 6.45) is 4.24. The summed E-state index contributed by atoms with van der Waals surface area (Å²) < 4.78 is 19.7. The molecule has 1 aromatic carbocycles. The standard InChI is InChI=1S/C18H24FNO3.ClH/c19-15-7-3-2-6-14(15)16-12-20(10-11-23-16)13-18(17(21)22)8-4-1-5-9-18;/h2-3,6-7,16H,1,4-5,8-13H2,(H,21,22);1H/t16-;/m0./s1. The molecule has 1 aromatic rings. The van der Waals surface area contributed by atoms with Gasteiger partial charge in [0, 0.05) is 25.2 Å². The van der Waals surface area contributed by atoms with E-state index in [2.05, 4.69) is 4.90 Å². The van der Waals surface area contributed by atoms with E-state index in [4.69, 9.17) is 4.74 Å². The van der Waals surface area contributed by atoms with Crippen molar-refractivity contribution >= 4 is 18.4 Å². The Balaban J connectivity index is 0.00000208. The molecule has 4 nitrogen and oxygen atoms in total. The van der Waals surface area contributed by atoms with Gasteiger partial charge in [0.2, 0.25) is 0 Å². The molecule has 2 fully saturated rings. The molecule has 0 radical (unpaired) electrons. The van der Waals surface area contributed by atoms with Crippen molar-refractivity contribution < 1.29 is 19.0 Å². The molecule has 1 heterocycles. The highest BCUT2D eigenvalue weighted by Gasteiger charge is 2.42. The minimum absolute atomic E-state index is 0. The summed E-state index contributed by atoms with van der Waals surface area (Å²) in [5.74, 6) is -0.948. The molecular formula is C18H25ClFNO3. The topological polar surface area (TPSA) is 49.8 Å². The van der Waals surface area contributed by atoms with Crippen LogP contribution in [-0.4, -0.2) is 42.2 Å². The Morgan fingerprint density at radius 2 is 2.00 bits per heavy atom. The fourth-order valence-electron chi connectivity index (χ4n) is 3.87. The first kappa shape index (κ1) is 19.2. The highest BCUT2D eigenvalue weighted by Crippen LogP contribution is 2.38. The predicted molar refractivity (Wildman–Crippen MR) is 91.9 cm³/mol. The lowest BCUT2D eigenvalue weighted by Crippen LogP contribution is -2.48. The van der Waals surface area contributed by atoms with Crippen molar-refractivity contribution in [2.45, 2.75) is 38.2 Å². The smallest absolute Gasteiger partial charge is 0.310 e. The van der Waals surface area contributed by atoms with Gasteiger partial charge in [-0.3, -0.25) is 9.69 Å². The zero-order chi connectivity index (χ0) is 16.3. The first-order valence-electron chi connectivity index (χ1n) is 8.42. The normalized spacial score (nSPS) is 24.1. The molecule has 1 atom stereocenters. The molecule has 1 aliphatic heterocycles. The Labute approximate surface area is 148 Å². The molecule has 1 saturated carbocycles. The monoisotopic (exact) mass is 357 g/mol. The number of carboxylic acid groups (broad SMARTS) is 1. The minimum atomic E-state index is -0.689. The zero-order valence-electron chi connectivity index (χ0n) is 13.7. The third-order valence-corrected chi connectivity index (χ3v) is 5.19. The molecule has 1 saturated heterocycles. The number of carboxylic acids is 1. The van der Waals surface area contributed by atoms with Crippen LogP contribution in [0.25, 0.3) is 0 Å². The van der Waals surface area contributed by atoms with Crippen molar-refractivity contribution in [3.8, 4) is 0 Å². The van der Waals surface area contributed by atoms with E-state index in [0.29, 0.717) is 31.8 Å². The van der Waals surface area contributed by atoms with Gasteiger partial charge >= 0.3 is 5.97 Å². The highest BCUT2D eigenvalue weighted by molar-refractivity contribution is 5.85. The first-order valence-corrected chi connectivity index (χ1v) is 8.42. The number of morpholine rings is 1. The SMILES string of the molecule is Cl.O=C(O)C1(CN2CCO[C@H](c3ccccc3F)C2)CCCCC1. The number of hydrogen-bond donors (Lipinski definition) is 1. The van der Waals surface area contributed by atoms with Crippen molar-refractivity contribution in [2.24, 2.45) is 5.41 Å². The Kier molecular flexibility index (Phi) is 6.61. The van der Waals surface area contributed by atoms with E-state index >= 15 is 0 Å². The molecule has 0 amide bonds. The second kappa shape index (κ2) is 8.28. The molecule has 2 aliphatic rings. The van der Waals surface area contributed by atoms with E-state index in [1.165, 1.54) is 6.07 Å². The van der Waals surface area contributed by atoms with Crippen LogP contribution in [0.3, 0.4) is 0 Å². The number of rotatable bonds is 4. The van der Waals surface area contributed by atoms with Gasteiger partial charge < -0.3 is 9.84 Å². The molecule has 1 aliphatic carbocycles. The summed E-state index contributed by atoms with van der Waals surface area (Å²) in [4.78, 5) is 14.0. The third-order valence-electron chi connectivity index (χ3n) is 5.19. The van der Waals surface area contributed by atoms with Crippen molar-refractivity contribution in [3.05, 3.63) is 35.6 Å². The van der Waals surface area contributed by atoms with Crippen molar-refractivity contribution in [2.75, 3.05) is 26.2 Å². The highest BCUT2D eigenvalue weighted by atomic mass is 35.5. The van der Waals surface area contributed by atoms with Gasteiger partial charge in [-0.1, -0.05) is 37.5 Å². The fraction of sp³-hybridized carbons (Fsp3) is 0.611. The van der Waals surface area contributed by atoms with Crippen LogP contribution in [-0.2, 0) is 9.53 Å². The number of ether oxygens (including phenoxy) is 1. The van der Waals surface area contributed by atoms with E-state index in [1.54, 1.807) is 18.2 Å². The number of carbonyl (C=O) groups is 1. The fourth-order valence-corrected chi connectivity index (χ4v) is 3.87. The molecule has 0 aromatic heterocycles. The number of nitrogens with zero attached hydrogens (tertiary/aromatic N) is 1. The Hall–Kier alpha value is -1.17. The van der Waals surface area contributed by atoms with E-state index in [-0.39, 0.29) is 24.3 Å². The van der Waals surface area contributed by atoms with Gasteiger partial charge in [0.15, 0.2) is 0 Å². The summed E-state index contributed by atoms with van der Waals surface area (Å²) in [5.41, 5.74) is -0.0831. The van der Waals surface area contributed by atoms with Crippen LogP contribution in [0.5, 0.6) is 0 Å². The largest absolute Gasteiger partial charge is 0.481 e. The number of aliphatic carboxylic acids is 1. The van der Waals surface area contributed by atoms with Gasteiger partial charge in [0.25, 0.3) is 0 Å². The van der Waals surface area contributed by atoms with E-state index < -0.39 is 11.4 Å². The van der Waals surface area contributed by atoms with Crippen LogP contribution < -0.4 is 0 Å². The molecule has 0 spiro atoms. The van der Waals surface area contributed by atoms with Crippen LogP contribution in [0.4, 0.5) is 4.39 Å². The van der Waals surface area contributed by atoms with Gasteiger partial charge in [-0.2, -0.15) is 0 Å². The third kappa shape index (κ3) is 4.08. The van der Waals surface area contributed by atoms with E-state index in [0.717, 1.165) is 32.1 Å². The number of halogens is 2. The summed E-state index contributed by atoms with van der Waals surface area (Å²) in [5, 5.41) is 9.73. The molecule has 1 N–H and O–H groups in total. The van der Waals surface area contributed by atoms with Gasteiger partial charge in [-0.15, -0.1) is 12.4 Å². The Morgan fingerprint density at radius 1 is 1.29 bits per heavy atom. The summed E-state index contributed by atoms with van der Waals surface area (Å²) >= 11 is 0. The molecular weight excluding hydrogens is 333 g/mol. The lowest BCUT2D eigenvalue weighted by Gasteiger charge is -2.41.